The molecule has 0 aliphatic heterocycles. The number of ether oxygens (including phenoxy) is 3. The summed E-state index contributed by atoms with van der Waals surface area (Å²) in [7, 11) is 1.58. The normalized spacial score (nSPS) is 27.9. The Labute approximate surface area is 183 Å². The maximum Gasteiger partial charge on any atom is 0.344 e. The Balaban J connectivity index is 1.32. The van der Waals surface area contributed by atoms with Crippen LogP contribution in [0, 0.1) is 29.1 Å². The monoisotopic (exact) mass is 426 g/mol. The summed E-state index contributed by atoms with van der Waals surface area (Å²) in [6, 6.07) is 9.05. The fourth-order valence-corrected chi connectivity index (χ4v) is 6.26. The second kappa shape index (κ2) is 9.17. The van der Waals surface area contributed by atoms with Crippen LogP contribution in [0.4, 0.5) is 0 Å². The van der Waals surface area contributed by atoms with Gasteiger partial charge in [-0.3, -0.25) is 4.79 Å². The van der Waals surface area contributed by atoms with Gasteiger partial charge in [-0.05, 0) is 80.5 Å². The van der Waals surface area contributed by atoms with Crippen molar-refractivity contribution in [3.8, 4) is 17.6 Å². The van der Waals surface area contributed by atoms with E-state index in [4.69, 9.17) is 19.5 Å². The van der Waals surface area contributed by atoms with E-state index in [1.165, 1.54) is 19.3 Å². The quantitative estimate of drug-likeness (QED) is 0.563. The highest BCUT2D eigenvalue weighted by atomic mass is 16.6. The highest BCUT2D eigenvalue weighted by Gasteiger charge is 2.54. The Bertz CT molecular complexity index is 809. The van der Waals surface area contributed by atoms with Crippen LogP contribution in [0.1, 0.15) is 44.9 Å². The molecule has 31 heavy (non-hydrogen) atoms. The number of hydrogen-bond acceptors (Lipinski definition) is 6. The summed E-state index contributed by atoms with van der Waals surface area (Å²) in [5.74, 6) is 2.48. The molecule has 4 aliphatic rings. The van der Waals surface area contributed by atoms with E-state index in [0.717, 1.165) is 19.3 Å². The highest BCUT2D eigenvalue weighted by molar-refractivity contribution is 5.81. The van der Waals surface area contributed by atoms with Gasteiger partial charge in [0.25, 0.3) is 5.91 Å². The topological polar surface area (TPSA) is 88.9 Å². The number of carbonyl (C=O) groups is 2. The van der Waals surface area contributed by atoms with Gasteiger partial charge in [0, 0.05) is 12.1 Å². The van der Waals surface area contributed by atoms with Crippen molar-refractivity contribution in [2.45, 2.75) is 50.5 Å². The Morgan fingerprint density at radius 1 is 1.03 bits per heavy atom. The van der Waals surface area contributed by atoms with Gasteiger partial charge in [-0.2, -0.15) is 5.26 Å². The average Bonchev–Trinajstić information content (AvgIpc) is 2.75. The Morgan fingerprint density at radius 2 is 1.61 bits per heavy atom. The van der Waals surface area contributed by atoms with Crippen molar-refractivity contribution in [3.05, 3.63) is 24.3 Å². The zero-order valence-electron chi connectivity index (χ0n) is 18.0. The van der Waals surface area contributed by atoms with Crippen molar-refractivity contribution in [1.29, 1.82) is 5.26 Å². The van der Waals surface area contributed by atoms with Crippen LogP contribution in [-0.2, 0) is 14.3 Å². The summed E-state index contributed by atoms with van der Waals surface area (Å²) in [5, 5.41) is 9.11. The maximum absolute atomic E-state index is 13.1. The van der Waals surface area contributed by atoms with Crippen molar-refractivity contribution in [2.24, 2.45) is 17.8 Å². The molecule has 7 heteroatoms. The minimum absolute atomic E-state index is 0.158. The molecule has 4 bridgehead atoms. The van der Waals surface area contributed by atoms with Gasteiger partial charge in [0.1, 0.15) is 11.5 Å². The largest absolute Gasteiger partial charge is 0.497 e. The Morgan fingerprint density at radius 3 is 2.16 bits per heavy atom. The molecule has 1 amide bonds. The third-order valence-corrected chi connectivity index (χ3v) is 7.10. The molecule has 0 radical (unpaired) electrons. The van der Waals surface area contributed by atoms with E-state index in [9.17, 15) is 9.59 Å². The molecule has 4 aliphatic carbocycles. The lowest BCUT2D eigenvalue weighted by atomic mass is 9.52. The van der Waals surface area contributed by atoms with Crippen LogP contribution < -0.4 is 9.47 Å². The third-order valence-electron chi connectivity index (χ3n) is 7.10. The first-order chi connectivity index (χ1) is 15.0. The van der Waals surface area contributed by atoms with E-state index < -0.39 is 5.97 Å². The molecule has 4 saturated carbocycles. The first-order valence-electron chi connectivity index (χ1n) is 11.1. The zero-order chi connectivity index (χ0) is 21.8. The summed E-state index contributed by atoms with van der Waals surface area (Å²) in [6.07, 6.45) is 7.17. The first kappa shape index (κ1) is 21.5. The fraction of sp³-hybridized carbons (Fsp3) is 0.625. The van der Waals surface area contributed by atoms with Crippen LogP contribution >= 0.6 is 0 Å². The summed E-state index contributed by atoms with van der Waals surface area (Å²) in [5.41, 5.74) is -0.158. The summed E-state index contributed by atoms with van der Waals surface area (Å²) in [6.45, 7) is -0.172. The van der Waals surface area contributed by atoms with Crippen molar-refractivity contribution in [2.75, 3.05) is 26.9 Å². The average molecular weight is 427 g/mol. The minimum atomic E-state index is -0.588. The van der Waals surface area contributed by atoms with Crippen LogP contribution in [0.5, 0.6) is 11.5 Å². The number of nitriles is 1. The molecular formula is C24H30N2O5. The van der Waals surface area contributed by atoms with E-state index >= 15 is 0 Å². The van der Waals surface area contributed by atoms with Crippen molar-refractivity contribution in [1.82, 2.24) is 4.90 Å². The van der Waals surface area contributed by atoms with Gasteiger partial charge in [-0.15, -0.1) is 0 Å². The van der Waals surface area contributed by atoms with Crippen LogP contribution in [0.25, 0.3) is 0 Å². The molecule has 0 saturated heterocycles. The molecule has 5 rings (SSSR count). The molecule has 0 atom stereocenters. The van der Waals surface area contributed by atoms with E-state index in [2.05, 4.69) is 6.07 Å². The second-order valence-corrected chi connectivity index (χ2v) is 9.22. The SMILES string of the molecule is COc1ccc(OCC(=O)OCC(=O)N(CCC#N)C23CC4CC(CC(C4)C2)C3)cc1. The minimum Gasteiger partial charge on any atom is -0.497 e. The van der Waals surface area contributed by atoms with Gasteiger partial charge >= 0.3 is 5.97 Å². The van der Waals surface area contributed by atoms with E-state index in [0.29, 0.717) is 42.2 Å². The number of nitrogens with zero attached hydrogens (tertiary/aromatic N) is 2. The van der Waals surface area contributed by atoms with Gasteiger partial charge in [0.15, 0.2) is 13.2 Å². The first-order valence-corrected chi connectivity index (χ1v) is 11.1. The summed E-state index contributed by atoms with van der Waals surface area (Å²) in [4.78, 5) is 27.1. The number of amides is 1. The summed E-state index contributed by atoms with van der Waals surface area (Å²) >= 11 is 0. The van der Waals surface area contributed by atoms with Crippen LogP contribution in [0.3, 0.4) is 0 Å². The van der Waals surface area contributed by atoms with Crippen molar-refractivity contribution >= 4 is 11.9 Å². The molecule has 4 fully saturated rings. The lowest BCUT2D eigenvalue weighted by Gasteiger charge is -2.60. The smallest absolute Gasteiger partial charge is 0.344 e. The van der Waals surface area contributed by atoms with Gasteiger partial charge in [0.05, 0.1) is 19.6 Å². The van der Waals surface area contributed by atoms with Gasteiger partial charge in [-0.25, -0.2) is 4.79 Å². The summed E-state index contributed by atoms with van der Waals surface area (Å²) < 4.78 is 15.7. The Hall–Kier alpha value is -2.75. The predicted molar refractivity (Wildman–Crippen MR) is 112 cm³/mol. The number of carbonyl (C=O) groups excluding carboxylic acids is 2. The molecule has 0 unspecified atom stereocenters. The number of esters is 1. The molecule has 0 N–H and O–H groups in total. The standard InChI is InChI=1S/C24H30N2O5/c1-29-20-3-5-21(6-4-20)30-16-23(28)31-15-22(27)26(8-2-7-25)24-12-17-9-18(13-24)11-19(10-17)14-24/h3-6,17-19H,2,8-16H2,1H3. The lowest BCUT2D eigenvalue weighted by molar-refractivity contribution is -0.163. The van der Waals surface area contributed by atoms with Crippen LogP contribution in [0.15, 0.2) is 24.3 Å². The fourth-order valence-electron chi connectivity index (χ4n) is 6.26. The Kier molecular flexibility index (Phi) is 6.35. The number of benzene rings is 1. The molecule has 0 heterocycles. The van der Waals surface area contributed by atoms with Crippen molar-refractivity contribution < 1.29 is 23.8 Å². The number of methoxy groups -OCH3 is 1. The second-order valence-electron chi connectivity index (χ2n) is 9.22. The molecule has 1 aromatic carbocycles. The van der Waals surface area contributed by atoms with E-state index in [1.807, 2.05) is 4.90 Å². The van der Waals surface area contributed by atoms with Gasteiger partial charge in [-0.1, -0.05) is 0 Å². The zero-order valence-corrected chi connectivity index (χ0v) is 18.0. The number of rotatable bonds is 9. The molecule has 166 valence electrons. The molecule has 1 aromatic rings. The van der Waals surface area contributed by atoms with E-state index in [-0.39, 0.29) is 24.7 Å². The van der Waals surface area contributed by atoms with Gasteiger partial charge in [0.2, 0.25) is 0 Å². The maximum atomic E-state index is 13.1. The molecule has 7 nitrogen and oxygen atoms in total. The van der Waals surface area contributed by atoms with Crippen LogP contribution in [0.2, 0.25) is 0 Å². The molecule has 0 aromatic heterocycles. The van der Waals surface area contributed by atoms with Gasteiger partial charge < -0.3 is 19.1 Å². The van der Waals surface area contributed by atoms with Crippen LogP contribution in [-0.4, -0.2) is 49.2 Å². The lowest BCUT2D eigenvalue weighted by Crippen LogP contribution is -2.62. The number of hydrogen-bond donors (Lipinski definition) is 0. The molecular weight excluding hydrogens is 396 g/mol. The third kappa shape index (κ3) is 4.79. The molecule has 0 spiro atoms. The highest BCUT2D eigenvalue weighted by Crippen LogP contribution is 2.57. The predicted octanol–water partition coefficient (Wildman–Crippen LogP) is 3.33. The van der Waals surface area contributed by atoms with Crippen molar-refractivity contribution in [3.63, 3.8) is 0 Å². The van der Waals surface area contributed by atoms with E-state index in [1.54, 1.807) is 31.4 Å².